The van der Waals surface area contributed by atoms with Crippen molar-refractivity contribution in [3.63, 3.8) is 0 Å². The number of nitrogens with zero attached hydrogens (tertiary/aromatic N) is 2. The Balaban J connectivity index is 2.45. The van der Waals surface area contributed by atoms with E-state index in [4.69, 9.17) is 11.0 Å². The highest BCUT2D eigenvalue weighted by Gasteiger charge is 1.94. The summed E-state index contributed by atoms with van der Waals surface area (Å²) in [4.78, 5) is 3.88. The van der Waals surface area contributed by atoms with Crippen LogP contribution in [0.25, 0.3) is 0 Å². The second kappa shape index (κ2) is 5.60. The van der Waals surface area contributed by atoms with Crippen molar-refractivity contribution in [1.29, 1.82) is 5.26 Å². The van der Waals surface area contributed by atoms with E-state index in [2.05, 4.69) is 10.3 Å². The smallest absolute Gasteiger partial charge is 0.202 e. The molecule has 0 atom stereocenters. The van der Waals surface area contributed by atoms with Gasteiger partial charge in [0.2, 0.25) is 5.96 Å². The highest BCUT2D eigenvalue weighted by Crippen LogP contribution is 2.03. The molecule has 0 spiro atoms. The van der Waals surface area contributed by atoms with E-state index in [0.717, 1.165) is 5.56 Å². The van der Waals surface area contributed by atoms with Crippen LogP contribution in [0.1, 0.15) is 5.56 Å². The van der Waals surface area contributed by atoms with Crippen molar-refractivity contribution in [2.75, 3.05) is 6.54 Å². The van der Waals surface area contributed by atoms with Crippen LogP contribution in [-0.4, -0.2) is 12.5 Å². The topological polar surface area (TPSA) is 74.2 Å². The molecule has 78 valence electrons. The monoisotopic (exact) mass is 206 g/mol. The number of guanidine groups is 1. The van der Waals surface area contributed by atoms with Gasteiger partial charge in [0.15, 0.2) is 6.19 Å². The van der Waals surface area contributed by atoms with Crippen molar-refractivity contribution in [2.24, 2.45) is 10.7 Å². The van der Waals surface area contributed by atoms with Gasteiger partial charge >= 0.3 is 0 Å². The Bertz CT molecular complexity index is 395. The minimum atomic E-state index is -0.264. The van der Waals surface area contributed by atoms with E-state index in [-0.39, 0.29) is 11.8 Å². The van der Waals surface area contributed by atoms with Crippen molar-refractivity contribution in [1.82, 2.24) is 5.32 Å². The molecule has 0 saturated carbocycles. The molecule has 0 aliphatic carbocycles. The van der Waals surface area contributed by atoms with Crippen molar-refractivity contribution in [2.45, 2.75) is 6.42 Å². The van der Waals surface area contributed by atoms with Crippen LogP contribution in [0.3, 0.4) is 0 Å². The zero-order chi connectivity index (χ0) is 11.1. The molecule has 0 aromatic heterocycles. The Hall–Kier alpha value is -2.09. The van der Waals surface area contributed by atoms with E-state index >= 15 is 0 Å². The zero-order valence-corrected chi connectivity index (χ0v) is 8.07. The van der Waals surface area contributed by atoms with Gasteiger partial charge in [0.1, 0.15) is 5.82 Å². The molecule has 1 aromatic rings. The quantitative estimate of drug-likeness (QED) is 0.332. The van der Waals surface area contributed by atoms with Gasteiger partial charge in [0, 0.05) is 6.54 Å². The fourth-order valence-corrected chi connectivity index (χ4v) is 1.09. The summed E-state index contributed by atoms with van der Waals surface area (Å²) >= 11 is 0. The molecule has 4 nitrogen and oxygen atoms in total. The molecule has 0 fully saturated rings. The fraction of sp³-hybridized carbons (Fsp3) is 0.200. The molecule has 0 amide bonds. The first kappa shape index (κ1) is 11.0. The number of nitrogens with one attached hydrogen (secondary N) is 1. The third-order valence-electron chi connectivity index (χ3n) is 1.76. The largest absolute Gasteiger partial charge is 0.369 e. The van der Waals surface area contributed by atoms with E-state index in [1.54, 1.807) is 12.3 Å². The molecule has 0 saturated heterocycles. The number of halogens is 1. The second-order valence-electron chi connectivity index (χ2n) is 2.88. The SMILES string of the molecule is N#CNC(N)=NCCc1cccc(F)c1. The van der Waals surface area contributed by atoms with Crippen LogP contribution in [0, 0.1) is 17.3 Å². The van der Waals surface area contributed by atoms with E-state index in [1.165, 1.54) is 12.1 Å². The van der Waals surface area contributed by atoms with Gasteiger partial charge in [0.25, 0.3) is 0 Å². The third kappa shape index (κ3) is 4.09. The molecule has 0 aliphatic heterocycles. The summed E-state index contributed by atoms with van der Waals surface area (Å²) < 4.78 is 12.8. The van der Waals surface area contributed by atoms with Crippen molar-refractivity contribution < 1.29 is 4.39 Å². The summed E-state index contributed by atoms with van der Waals surface area (Å²) in [5.74, 6) is -0.187. The number of nitriles is 1. The lowest BCUT2D eigenvalue weighted by atomic mass is 10.1. The van der Waals surface area contributed by atoms with Gasteiger partial charge < -0.3 is 5.73 Å². The highest BCUT2D eigenvalue weighted by atomic mass is 19.1. The molecule has 3 N–H and O–H groups in total. The molecule has 0 bridgehead atoms. The normalized spacial score (nSPS) is 10.8. The van der Waals surface area contributed by atoms with Gasteiger partial charge in [-0.15, -0.1) is 0 Å². The van der Waals surface area contributed by atoms with Crippen molar-refractivity contribution in [3.05, 3.63) is 35.6 Å². The molecule has 5 heteroatoms. The summed E-state index contributed by atoms with van der Waals surface area (Å²) in [5, 5.41) is 10.4. The van der Waals surface area contributed by atoms with Gasteiger partial charge in [-0.1, -0.05) is 12.1 Å². The lowest BCUT2D eigenvalue weighted by Crippen LogP contribution is -2.27. The maximum Gasteiger partial charge on any atom is 0.202 e. The van der Waals surface area contributed by atoms with Gasteiger partial charge in [-0.2, -0.15) is 5.26 Å². The average molecular weight is 206 g/mol. The van der Waals surface area contributed by atoms with Crippen LogP contribution >= 0.6 is 0 Å². The van der Waals surface area contributed by atoms with Crippen molar-refractivity contribution >= 4 is 5.96 Å². The first-order valence-electron chi connectivity index (χ1n) is 4.42. The Kier molecular flexibility index (Phi) is 4.10. The predicted octanol–water partition coefficient (Wildman–Crippen LogP) is 0.754. The maximum absolute atomic E-state index is 12.8. The number of hydrogen-bond donors (Lipinski definition) is 2. The Morgan fingerprint density at radius 2 is 2.40 bits per heavy atom. The minimum absolute atomic E-state index is 0.0777. The highest BCUT2D eigenvalue weighted by molar-refractivity contribution is 5.79. The van der Waals surface area contributed by atoms with Crippen LogP contribution in [0.4, 0.5) is 4.39 Å². The third-order valence-corrected chi connectivity index (χ3v) is 1.76. The van der Waals surface area contributed by atoms with Crippen LogP contribution in [0.2, 0.25) is 0 Å². The van der Waals surface area contributed by atoms with E-state index in [0.29, 0.717) is 13.0 Å². The molecule has 0 radical (unpaired) electrons. The number of aliphatic imine (C=N–C) groups is 1. The van der Waals surface area contributed by atoms with E-state index in [9.17, 15) is 4.39 Å². The molecule has 0 heterocycles. The average Bonchev–Trinajstić information content (AvgIpc) is 2.18. The molecule has 15 heavy (non-hydrogen) atoms. The molecule has 0 unspecified atom stereocenters. The minimum Gasteiger partial charge on any atom is -0.369 e. The van der Waals surface area contributed by atoms with Gasteiger partial charge in [-0.05, 0) is 24.1 Å². The summed E-state index contributed by atoms with van der Waals surface area (Å²) in [7, 11) is 0. The maximum atomic E-state index is 12.8. The molecular formula is C10H11FN4. The molecule has 1 rings (SSSR count). The van der Waals surface area contributed by atoms with Gasteiger partial charge in [-0.25, -0.2) is 4.39 Å². The Morgan fingerprint density at radius 3 is 3.07 bits per heavy atom. The van der Waals surface area contributed by atoms with Crippen LogP contribution < -0.4 is 11.1 Å². The molecule has 0 aliphatic rings. The number of rotatable bonds is 3. The van der Waals surface area contributed by atoms with Crippen LogP contribution in [0.15, 0.2) is 29.3 Å². The lowest BCUT2D eigenvalue weighted by molar-refractivity contribution is 0.625. The number of hydrogen-bond acceptors (Lipinski definition) is 2. The lowest BCUT2D eigenvalue weighted by Gasteiger charge is -1.99. The first-order chi connectivity index (χ1) is 7.22. The van der Waals surface area contributed by atoms with E-state index < -0.39 is 0 Å². The summed E-state index contributed by atoms with van der Waals surface area (Å²) in [6, 6.07) is 6.29. The van der Waals surface area contributed by atoms with Gasteiger partial charge in [-0.3, -0.25) is 10.3 Å². The standard InChI is InChI=1S/C10H11FN4/c11-9-3-1-2-8(6-9)4-5-14-10(13)15-7-12/h1-3,6H,4-5H2,(H3,13,14,15). The predicted molar refractivity (Wildman–Crippen MR) is 55.3 cm³/mol. The molecular weight excluding hydrogens is 195 g/mol. The van der Waals surface area contributed by atoms with Crippen LogP contribution in [0.5, 0.6) is 0 Å². The summed E-state index contributed by atoms with van der Waals surface area (Å²) in [6.07, 6.45) is 2.25. The Morgan fingerprint density at radius 1 is 1.60 bits per heavy atom. The number of nitrogens with two attached hydrogens (primary N) is 1. The second-order valence-corrected chi connectivity index (χ2v) is 2.88. The van der Waals surface area contributed by atoms with Crippen LogP contribution in [-0.2, 0) is 6.42 Å². The molecule has 1 aromatic carbocycles. The van der Waals surface area contributed by atoms with Crippen molar-refractivity contribution in [3.8, 4) is 6.19 Å². The Labute approximate surface area is 87.2 Å². The fourth-order valence-electron chi connectivity index (χ4n) is 1.09. The van der Waals surface area contributed by atoms with E-state index in [1.807, 2.05) is 6.07 Å². The first-order valence-corrected chi connectivity index (χ1v) is 4.42. The number of benzene rings is 1. The van der Waals surface area contributed by atoms with Gasteiger partial charge in [0.05, 0.1) is 0 Å². The summed E-state index contributed by atoms with van der Waals surface area (Å²) in [5.41, 5.74) is 6.17. The zero-order valence-electron chi connectivity index (χ0n) is 8.07. The summed E-state index contributed by atoms with van der Waals surface area (Å²) in [6.45, 7) is 0.421.